The summed E-state index contributed by atoms with van der Waals surface area (Å²) in [4.78, 5) is 26.2. The quantitative estimate of drug-likeness (QED) is 0.807. The van der Waals surface area contributed by atoms with Gasteiger partial charge in [-0.05, 0) is 39.0 Å². The summed E-state index contributed by atoms with van der Waals surface area (Å²) in [5.41, 5.74) is 0. The van der Waals surface area contributed by atoms with Gasteiger partial charge in [0.05, 0.1) is 19.2 Å². The van der Waals surface area contributed by atoms with Gasteiger partial charge < -0.3 is 10.1 Å². The summed E-state index contributed by atoms with van der Waals surface area (Å²) < 4.78 is 4.95. The van der Waals surface area contributed by atoms with E-state index in [0.29, 0.717) is 25.2 Å². The summed E-state index contributed by atoms with van der Waals surface area (Å²) in [6.07, 6.45) is 6.20. The number of ether oxygens (including phenoxy) is 1. The lowest BCUT2D eigenvalue weighted by molar-refractivity contribution is -0.122. The zero-order valence-electron chi connectivity index (χ0n) is 13.9. The van der Waals surface area contributed by atoms with Gasteiger partial charge in [0.25, 0.3) is 0 Å². The minimum Gasteiger partial charge on any atom is -0.383 e. The van der Waals surface area contributed by atoms with E-state index >= 15 is 0 Å². The minimum atomic E-state index is -0.443. The first-order chi connectivity index (χ1) is 10.5. The molecule has 1 saturated carbocycles. The number of rotatable bonds is 5. The number of urea groups is 1. The number of hydrogen-bond acceptors (Lipinski definition) is 4. The highest BCUT2D eigenvalue weighted by atomic mass is 16.5. The van der Waals surface area contributed by atoms with Crippen molar-refractivity contribution in [2.45, 2.75) is 64.1 Å². The molecule has 6 nitrogen and oxygen atoms in total. The molecule has 4 atom stereocenters. The van der Waals surface area contributed by atoms with Crippen molar-refractivity contribution in [1.82, 2.24) is 15.5 Å². The fourth-order valence-electron chi connectivity index (χ4n) is 3.96. The summed E-state index contributed by atoms with van der Waals surface area (Å²) in [6.45, 7) is 4.76. The zero-order chi connectivity index (χ0) is 16.1. The molecule has 0 spiro atoms. The van der Waals surface area contributed by atoms with Gasteiger partial charge in [0.15, 0.2) is 0 Å². The van der Waals surface area contributed by atoms with Crippen LogP contribution in [0.5, 0.6) is 0 Å². The highest BCUT2D eigenvalue weighted by molar-refractivity contribution is 5.95. The Balaban J connectivity index is 1.80. The Morgan fingerprint density at radius 3 is 2.77 bits per heavy atom. The van der Waals surface area contributed by atoms with Crippen LogP contribution in [-0.2, 0) is 9.53 Å². The normalized spacial score (nSPS) is 29.7. The van der Waals surface area contributed by atoms with Crippen LogP contribution in [-0.4, -0.2) is 55.2 Å². The summed E-state index contributed by atoms with van der Waals surface area (Å²) >= 11 is 0. The maximum absolute atomic E-state index is 12.1. The molecule has 0 radical (unpaired) electrons. The highest BCUT2D eigenvalue weighted by Crippen LogP contribution is 2.39. The molecule has 1 saturated heterocycles. The van der Waals surface area contributed by atoms with E-state index < -0.39 is 6.03 Å². The predicted octanol–water partition coefficient (Wildman–Crippen LogP) is 1.50. The van der Waals surface area contributed by atoms with Crippen LogP contribution in [0.3, 0.4) is 0 Å². The number of nitrogens with one attached hydrogen (secondary N) is 2. The summed E-state index contributed by atoms with van der Waals surface area (Å²) in [5, 5.41) is 5.12. The lowest BCUT2D eigenvalue weighted by atomic mass is 9.85. The molecule has 6 heteroatoms. The number of hydrogen-bond donors (Lipinski definition) is 2. The first-order valence-corrected chi connectivity index (χ1v) is 8.36. The van der Waals surface area contributed by atoms with Gasteiger partial charge in [-0.3, -0.25) is 15.0 Å². The first kappa shape index (κ1) is 17.2. The van der Waals surface area contributed by atoms with Gasteiger partial charge in [0, 0.05) is 19.2 Å². The van der Waals surface area contributed by atoms with Gasteiger partial charge in [-0.15, -0.1) is 0 Å². The van der Waals surface area contributed by atoms with Crippen LogP contribution < -0.4 is 10.6 Å². The van der Waals surface area contributed by atoms with E-state index in [0.717, 1.165) is 5.92 Å². The van der Waals surface area contributed by atoms with Crippen LogP contribution >= 0.6 is 0 Å². The lowest BCUT2D eigenvalue weighted by Crippen LogP contribution is -2.50. The maximum atomic E-state index is 12.1. The molecule has 0 aromatic rings. The molecule has 1 aliphatic heterocycles. The molecular weight excluding hydrogens is 282 g/mol. The summed E-state index contributed by atoms with van der Waals surface area (Å²) in [6, 6.07) is 0.382. The van der Waals surface area contributed by atoms with Crippen molar-refractivity contribution in [3.63, 3.8) is 0 Å². The Bertz CT molecular complexity index is 402. The van der Waals surface area contributed by atoms with E-state index in [4.69, 9.17) is 4.74 Å². The fraction of sp³-hybridized carbons (Fsp3) is 0.875. The minimum absolute atomic E-state index is 0.119. The van der Waals surface area contributed by atoms with Gasteiger partial charge in [0.2, 0.25) is 5.91 Å². The Labute approximate surface area is 132 Å². The van der Waals surface area contributed by atoms with E-state index in [2.05, 4.69) is 22.5 Å². The Kier molecular flexibility index (Phi) is 6.20. The average molecular weight is 311 g/mol. The third-order valence-corrected chi connectivity index (χ3v) is 4.88. The standard InChI is InChI=1S/C16H29N3O3/c1-11(10-22-3)17-16(21)18-15(20)9-19-12(2)8-13-6-4-5-7-14(13)19/h11-14H,4-10H2,1-3H3,(H2,17,18,20,21)/t11-,12+,13-,14+/m0/s1. The second kappa shape index (κ2) is 7.92. The molecule has 126 valence electrons. The van der Waals surface area contributed by atoms with Crippen LogP contribution in [0, 0.1) is 5.92 Å². The molecular formula is C16H29N3O3. The number of nitrogens with zero attached hydrogens (tertiary/aromatic N) is 1. The molecule has 2 fully saturated rings. The molecule has 2 aliphatic rings. The summed E-state index contributed by atoms with van der Waals surface area (Å²) in [5.74, 6) is 0.507. The molecule has 2 N–H and O–H groups in total. The Morgan fingerprint density at radius 1 is 1.32 bits per heavy atom. The Hall–Kier alpha value is -1.14. The number of likely N-dealkylation sites (tertiary alicyclic amines) is 1. The lowest BCUT2D eigenvalue weighted by Gasteiger charge is -2.32. The van der Waals surface area contributed by atoms with Crippen LogP contribution in [0.25, 0.3) is 0 Å². The SMILES string of the molecule is COC[C@H](C)NC(=O)NC(=O)CN1[C@H](C)C[C@@H]2CCCC[C@H]21. The van der Waals surface area contributed by atoms with Crippen LogP contribution in [0.2, 0.25) is 0 Å². The molecule has 2 rings (SSSR count). The molecule has 0 aromatic heterocycles. The smallest absolute Gasteiger partial charge is 0.321 e. The van der Waals surface area contributed by atoms with Gasteiger partial charge in [-0.1, -0.05) is 12.8 Å². The number of fused-ring (bicyclic) bond motifs is 1. The van der Waals surface area contributed by atoms with Gasteiger partial charge in [-0.25, -0.2) is 4.79 Å². The third-order valence-electron chi connectivity index (χ3n) is 4.88. The Morgan fingerprint density at radius 2 is 2.05 bits per heavy atom. The second-order valence-corrected chi connectivity index (χ2v) is 6.75. The molecule has 0 aromatic carbocycles. The number of carbonyl (C=O) groups excluding carboxylic acids is 2. The predicted molar refractivity (Wildman–Crippen MR) is 84.5 cm³/mol. The van der Waals surface area contributed by atoms with Gasteiger partial charge in [0.1, 0.15) is 0 Å². The van der Waals surface area contributed by atoms with E-state index in [-0.39, 0.29) is 11.9 Å². The molecule has 22 heavy (non-hydrogen) atoms. The number of methoxy groups -OCH3 is 1. The van der Waals surface area contributed by atoms with Crippen LogP contribution in [0.4, 0.5) is 4.79 Å². The first-order valence-electron chi connectivity index (χ1n) is 8.36. The number of carbonyl (C=O) groups is 2. The van der Waals surface area contributed by atoms with Crippen molar-refractivity contribution in [2.75, 3.05) is 20.3 Å². The molecule has 1 heterocycles. The van der Waals surface area contributed by atoms with Crippen molar-refractivity contribution in [3.8, 4) is 0 Å². The zero-order valence-corrected chi connectivity index (χ0v) is 13.9. The van der Waals surface area contributed by atoms with E-state index in [1.165, 1.54) is 32.1 Å². The number of amides is 3. The summed E-state index contributed by atoms with van der Waals surface area (Å²) in [7, 11) is 1.58. The molecule has 3 amide bonds. The van der Waals surface area contributed by atoms with Gasteiger partial charge in [-0.2, -0.15) is 0 Å². The van der Waals surface area contributed by atoms with Crippen LogP contribution in [0.15, 0.2) is 0 Å². The topological polar surface area (TPSA) is 70.7 Å². The largest absolute Gasteiger partial charge is 0.383 e. The van der Waals surface area contributed by atoms with Crippen molar-refractivity contribution in [2.24, 2.45) is 5.92 Å². The monoisotopic (exact) mass is 311 g/mol. The van der Waals surface area contributed by atoms with Crippen molar-refractivity contribution in [3.05, 3.63) is 0 Å². The highest BCUT2D eigenvalue weighted by Gasteiger charge is 2.40. The van der Waals surface area contributed by atoms with E-state index in [1.54, 1.807) is 7.11 Å². The molecule has 1 aliphatic carbocycles. The molecule has 0 bridgehead atoms. The van der Waals surface area contributed by atoms with Crippen molar-refractivity contribution in [1.29, 1.82) is 0 Å². The van der Waals surface area contributed by atoms with Crippen molar-refractivity contribution < 1.29 is 14.3 Å². The van der Waals surface area contributed by atoms with Gasteiger partial charge >= 0.3 is 6.03 Å². The fourth-order valence-corrected chi connectivity index (χ4v) is 3.96. The van der Waals surface area contributed by atoms with Crippen LogP contribution in [0.1, 0.15) is 46.0 Å². The second-order valence-electron chi connectivity index (χ2n) is 6.75. The van der Waals surface area contributed by atoms with E-state index in [1.807, 2.05) is 6.92 Å². The number of imide groups is 1. The van der Waals surface area contributed by atoms with E-state index in [9.17, 15) is 9.59 Å². The molecule has 0 unspecified atom stereocenters. The van der Waals surface area contributed by atoms with Crippen molar-refractivity contribution >= 4 is 11.9 Å². The maximum Gasteiger partial charge on any atom is 0.321 e. The average Bonchev–Trinajstić information content (AvgIpc) is 2.75. The third kappa shape index (κ3) is 4.43.